The van der Waals surface area contributed by atoms with Crippen LogP contribution in [-0.4, -0.2) is 33.7 Å². The summed E-state index contributed by atoms with van der Waals surface area (Å²) in [5.41, 5.74) is 0.630. The molecule has 0 radical (unpaired) electrons. The number of likely N-dealkylation sites (tertiary alicyclic amines) is 1. The summed E-state index contributed by atoms with van der Waals surface area (Å²) in [4.78, 5) is 7.04. The highest BCUT2D eigenvalue weighted by Gasteiger charge is 2.27. The second kappa shape index (κ2) is 6.66. The molecule has 3 nitrogen and oxygen atoms in total. The number of para-hydroxylation sites is 1. The molecule has 3 rings (SSSR count). The van der Waals surface area contributed by atoms with Crippen molar-refractivity contribution in [2.24, 2.45) is 0 Å². The zero-order chi connectivity index (χ0) is 14.6. The van der Waals surface area contributed by atoms with Gasteiger partial charge in [0.05, 0.1) is 22.4 Å². The van der Waals surface area contributed by atoms with Crippen molar-refractivity contribution in [2.45, 2.75) is 45.8 Å². The summed E-state index contributed by atoms with van der Waals surface area (Å²) < 4.78 is 1.26. The number of thiazole rings is 1. The number of hydrogen-bond acceptors (Lipinski definition) is 4. The Morgan fingerprint density at radius 2 is 1.90 bits per heavy atom. The highest BCUT2D eigenvalue weighted by molar-refractivity contribution is 7.18. The van der Waals surface area contributed by atoms with Crippen molar-refractivity contribution in [3.05, 3.63) is 29.3 Å². The Morgan fingerprint density at radius 3 is 2.55 bits per heavy atom. The van der Waals surface area contributed by atoms with E-state index >= 15 is 0 Å². The average molecular weight is 292 g/mol. The molecule has 1 fully saturated rings. The Hall–Kier alpha value is -0.970. The van der Waals surface area contributed by atoms with Crippen LogP contribution in [0.4, 0.5) is 0 Å². The Morgan fingerprint density at radius 1 is 1.25 bits per heavy atom. The number of rotatable bonds is 2. The fraction of sp³-hybridized carbons (Fsp3) is 0.562. The maximum atomic E-state index is 9.93. The van der Waals surface area contributed by atoms with E-state index in [0.717, 1.165) is 38.0 Å². The van der Waals surface area contributed by atoms with Gasteiger partial charge in [-0.3, -0.25) is 4.90 Å². The molecule has 110 valence electrons. The summed E-state index contributed by atoms with van der Waals surface area (Å²) >= 11 is 1.78. The van der Waals surface area contributed by atoms with Crippen LogP contribution in [0, 0.1) is 0 Å². The second-order valence-electron chi connectivity index (χ2n) is 5.35. The highest BCUT2D eigenvalue weighted by Crippen LogP contribution is 2.26. The molecule has 0 spiro atoms. The lowest BCUT2D eigenvalue weighted by Gasteiger charge is -2.35. The standard InChI is InChI=1S/C14H18N2OS.C2H6/c1-14(17)6-8-16(9-7-14)10-13-15-11-4-2-3-5-12(11)18-13;1-2/h2-5,17H,6-10H2,1H3;1-2H3. The van der Waals surface area contributed by atoms with Gasteiger partial charge in [-0.2, -0.15) is 0 Å². The maximum absolute atomic E-state index is 9.93. The van der Waals surface area contributed by atoms with Crippen LogP contribution in [-0.2, 0) is 6.54 Å². The van der Waals surface area contributed by atoms with E-state index < -0.39 is 5.60 Å². The molecule has 1 aliphatic heterocycles. The van der Waals surface area contributed by atoms with Gasteiger partial charge in [0.1, 0.15) is 5.01 Å². The lowest BCUT2D eigenvalue weighted by atomic mass is 9.94. The molecule has 2 heterocycles. The number of benzene rings is 1. The van der Waals surface area contributed by atoms with Gasteiger partial charge in [-0.1, -0.05) is 26.0 Å². The van der Waals surface area contributed by atoms with Gasteiger partial charge in [0, 0.05) is 13.1 Å². The Balaban J connectivity index is 0.000000704. The summed E-state index contributed by atoms with van der Waals surface area (Å²) in [7, 11) is 0. The van der Waals surface area contributed by atoms with Gasteiger partial charge in [-0.15, -0.1) is 11.3 Å². The first-order chi connectivity index (χ1) is 9.62. The first kappa shape index (κ1) is 15.4. The van der Waals surface area contributed by atoms with Gasteiger partial charge < -0.3 is 5.11 Å². The minimum atomic E-state index is -0.468. The predicted molar refractivity (Wildman–Crippen MR) is 86.1 cm³/mol. The van der Waals surface area contributed by atoms with E-state index in [2.05, 4.69) is 28.1 Å². The molecule has 0 saturated carbocycles. The molecule has 0 amide bonds. The first-order valence-corrected chi connectivity index (χ1v) is 8.23. The van der Waals surface area contributed by atoms with E-state index in [1.807, 2.05) is 26.8 Å². The third-order valence-corrected chi connectivity index (χ3v) is 4.65. The molecule has 0 atom stereocenters. The molecule has 0 bridgehead atoms. The third-order valence-electron chi connectivity index (χ3n) is 3.63. The zero-order valence-corrected chi connectivity index (χ0v) is 13.4. The van der Waals surface area contributed by atoms with Crippen molar-refractivity contribution < 1.29 is 5.11 Å². The van der Waals surface area contributed by atoms with Crippen molar-refractivity contribution in [1.82, 2.24) is 9.88 Å². The molecule has 1 aliphatic rings. The van der Waals surface area contributed by atoms with Crippen LogP contribution >= 0.6 is 11.3 Å². The van der Waals surface area contributed by atoms with Crippen LogP contribution in [0.1, 0.15) is 38.6 Å². The number of aromatic nitrogens is 1. The SMILES string of the molecule is CC.CC1(O)CCN(Cc2nc3ccccc3s2)CC1. The summed E-state index contributed by atoms with van der Waals surface area (Å²) in [6.07, 6.45) is 1.72. The first-order valence-electron chi connectivity index (χ1n) is 7.42. The average Bonchev–Trinajstić information content (AvgIpc) is 2.86. The van der Waals surface area contributed by atoms with E-state index in [0.29, 0.717) is 0 Å². The molecule has 1 saturated heterocycles. The van der Waals surface area contributed by atoms with E-state index in [1.54, 1.807) is 11.3 Å². The third kappa shape index (κ3) is 3.78. The largest absolute Gasteiger partial charge is 0.390 e. The van der Waals surface area contributed by atoms with Crippen molar-refractivity contribution >= 4 is 21.6 Å². The van der Waals surface area contributed by atoms with Crippen LogP contribution < -0.4 is 0 Å². The molecular formula is C16H24N2OS. The van der Waals surface area contributed by atoms with E-state index in [-0.39, 0.29) is 0 Å². The molecule has 0 aliphatic carbocycles. The molecule has 20 heavy (non-hydrogen) atoms. The Labute approximate surface area is 125 Å². The van der Waals surface area contributed by atoms with Crippen LogP contribution in [0.3, 0.4) is 0 Å². The fourth-order valence-electron chi connectivity index (χ4n) is 2.37. The van der Waals surface area contributed by atoms with Gasteiger partial charge in [0.15, 0.2) is 0 Å². The summed E-state index contributed by atoms with van der Waals surface area (Å²) in [6, 6.07) is 8.28. The van der Waals surface area contributed by atoms with Gasteiger partial charge in [-0.25, -0.2) is 4.98 Å². The van der Waals surface area contributed by atoms with E-state index in [9.17, 15) is 5.11 Å². The van der Waals surface area contributed by atoms with Gasteiger partial charge in [-0.05, 0) is 31.9 Å². The summed E-state index contributed by atoms with van der Waals surface area (Å²) in [5.74, 6) is 0. The lowest BCUT2D eigenvalue weighted by Crippen LogP contribution is -2.41. The number of nitrogens with zero attached hydrogens (tertiary/aromatic N) is 2. The maximum Gasteiger partial charge on any atom is 0.108 e. The van der Waals surface area contributed by atoms with Gasteiger partial charge >= 0.3 is 0 Å². The molecule has 1 N–H and O–H groups in total. The minimum Gasteiger partial charge on any atom is -0.390 e. The molecular weight excluding hydrogens is 268 g/mol. The molecule has 0 unspecified atom stereocenters. The lowest BCUT2D eigenvalue weighted by molar-refractivity contribution is -0.00730. The Kier molecular flexibility index (Phi) is 5.13. The topological polar surface area (TPSA) is 36.4 Å². The van der Waals surface area contributed by atoms with Crippen molar-refractivity contribution in [1.29, 1.82) is 0 Å². The number of aliphatic hydroxyl groups is 1. The number of fused-ring (bicyclic) bond motifs is 1. The molecule has 2 aromatic rings. The van der Waals surface area contributed by atoms with Crippen LogP contribution in [0.25, 0.3) is 10.2 Å². The molecule has 1 aromatic carbocycles. The molecule has 1 aromatic heterocycles. The summed E-state index contributed by atoms with van der Waals surface area (Å²) in [6.45, 7) is 8.77. The minimum absolute atomic E-state index is 0.468. The zero-order valence-electron chi connectivity index (χ0n) is 12.6. The number of piperidine rings is 1. The second-order valence-corrected chi connectivity index (χ2v) is 6.46. The quantitative estimate of drug-likeness (QED) is 0.917. The van der Waals surface area contributed by atoms with Crippen molar-refractivity contribution in [3.63, 3.8) is 0 Å². The van der Waals surface area contributed by atoms with Crippen LogP contribution in [0.15, 0.2) is 24.3 Å². The monoisotopic (exact) mass is 292 g/mol. The van der Waals surface area contributed by atoms with Gasteiger partial charge in [0.25, 0.3) is 0 Å². The molecule has 4 heteroatoms. The van der Waals surface area contributed by atoms with E-state index in [4.69, 9.17) is 0 Å². The van der Waals surface area contributed by atoms with Crippen LogP contribution in [0.2, 0.25) is 0 Å². The fourth-order valence-corrected chi connectivity index (χ4v) is 3.38. The number of hydrogen-bond donors (Lipinski definition) is 1. The smallest absolute Gasteiger partial charge is 0.108 e. The van der Waals surface area contributed by atoms with E-state index in [1.165, 1.54) is 9.71 Å². The van der Waals surface area contributed by atoms with Crippen molar-refractivity contribution in [3.8, 4) is 0 Å². The summed E-state index contributed by atoms with van der Waals surface area (Å²) in [5, 5.41) is 11.1. The van der Waals surface area contributed by atoms with Crippen molar-refractivity contribution in [2.75, 3.05) is 13.1 Å². The van der Waals surface area contributed by atoms with Gasteiger partial charge in [0.2, 0.25) is 0 Å². The van der Waals surface area contributed by atoms with Crippen LogP contribution in [0.5, 0.6) is 0 Å². The predicted octanol–water partition coefficient (Wildman–Crippen LogP) is 3.67. The Bertz CT molecular complexity index is 507. The highest BCUT2D eigenvalue weighted by atomic mass is 32.1. The normalized spacial score (nSPS) is 18.6.